The molecule has 0 unspecified atom stereocenters. The number of carboxylic acids is 1. The Morgan fingerprint density at radius 2 is 1.79 bits per heavy atom. The van der Waals surface area contributed by atoms with Crippen molar-refractivity contribution in [2.45, 2.75) is 11.4 Å². The second kappa shape index (κ2) is 4.34. The normalized spacial score (nSPS) is 14.7. The van der Waals surface area contributed by atoms with Gasteiger partial charge in [0.1, 0.15) is 5.75 Å². The molecule has 0 amide bonds. The van der Waals surface area contributed by atoms with E-state index in [1.54, 1.807) is 0 Å². The summed E-state index contributed by atoms with van der Waals surface area (Å²) in [5, 5.41) is 25.9. The molecule has 0 spiro atoms. The molecule has 14 heavy (non-hydrogen) atoms. The van der Waals surface area contributed by atoms with Crippen LogP contribution < -0.4 is 0 Å². The summed E-state index contributed by atoms with van der Waals surface area (Å²) in [4.78, 5) is 10.4. The van der Waals surface area contributed by atoms with Gasteiger partial charge in [0, 0.05) is 0 Å². The smallest absolute Gasteiger partial charge is 0.334 e. The first kappa shape index (κ1) is 10.9. The Kier molecular flexibility index (Phi) is 3.38. The molecular weight excluding hydrogens is 204 g/mol. The number of aliphatic hydroxyl groups is 1. The maximum absolute atomic E-state index is 10.4. The van der Waals surface area contributed by atoms with Crippen molar-refractivity contribution in [1.29, 1.82) is 0 Å². The van der Waals surface area contributed by atoms with Crippen molar-refractivity contribution in [1.82, 2.24) is 0 Å². The van der Waals surface area contributed by atoms with Crippen molar-refractivity contribution in [2.75, 3.05) is 0 Å². The average molecular weight is 214 g/mol. The number of phenols is 1. The number of rotatable bonds is 3. The zero-order valence-electron chi connectivity index (χ0n) is 7.16. The minimum absolute atomic E-state index is 0.0825. The average Bonchev–Trinajstić information content (AvgIpc) is 2.16. The lowest BCUT2D eigenvalue weighted by Crippen LogP contribution is -2.24. The van der Waals surface area contributed by atoms with Crippen molar-refractivity contribution in [3.8, 4) is 5.75 Å². The van der Waals surface area contributed by atoms with Crippen LogP contribution in [-0.2, 0) is 4.79 Å². The van der Waals surface area contributed by atoms with Crippen LogP contribution in [0.15, 0.2) is 24.3 Å². The van der Waals surface area contributed by atoms with Gasteiger partial charge < -0.3 is 15.3 Å². The maximum Gasteiger partial charge on any atom is 0.334 e. The predicted octanol–water partition coefficient (Wildman–Crippen LogP) is 0.809. The van der Waals surface area contributed by atoms with E-state index >= 15 is 0 Å². The van der Waals surface area contributed by atoms with E-state index in [9.17, 15) is 9.90 Å². The molecule has 0 aliphatic heterocycles. The van der Waals surface area contributed by atoms with E-state index in [-0.39, 0.29) is 5.75 Å². The summed E-state index contributed by atoms with van der Waals surface area (Å²) in [5.74, 6) is -1.24. The quantitative estimate of drug-likeness (QED) is 0.561. The van der Waals surface area contributed by atoms with Crippen LogP contribution in [-0.4, -0.2) is 27.4 Å². The minimum Gasteiger partial charge on any atom is -0.508 e. The number of aliphatic hydroxyl groups excluding tert-OH is 1. The number of thiol groups is 1. The number of benzene rings is 1. The molecular formula is C9H10O4S. The summed E-state index contributed by atoms with van der Waals surface area (Å²) in [5.41, 5.74) is 0.543. The third-order valence-electron chi connectivity index (χ3n) is 1.79. The van der Waals surface area contributed by atoms with Crippen LogP contribution in [0.5, 0.6) is 5.75 Å². The highest BCUT2D eigenvalue weighted by Crippen LogP contribution is 2.25. The molecule has 1 rings (SSSR count). The number of hydrogen-bond donors (Lipinski definition) is 4. The van der Waals surface area contributed by atoms with Crippen LogP contribution in [0.25, 0.3) is 0 Å². The topological polar surface area (TPSA) is 77.8 Å². The van der Waals surface area contributed by atoms with Crippen LogP contribution in [0.3, 0.4) is 0 Å². The molecule has 0 radical (unpaired) electrons. The molecule has 0 aliphatic rings. The van der Waals surface area contributed by atoms with E-state index in [1.165, 1.54) is 24.3 Å². The second-order valence-electron chi connectivity index (χ2n) is 2.82. The van der Waals surface area contributed by atoms with Gasteiger partial charge in [-0.3, -0.25) is 0 Å². The number of carbonyl (C=O) groups is 1. The molecule has 1 aromatic rings. The molecule has 5 heteroatoms. The van der Waals surface area contributed by atoms with Gasteiger partial charge in [0.2, 0.25) is 0 Å². The third kappa shape index (κ3) is 2.40. The van der Waals surface area contributed by atoms with E-state index in [1.807, 2.05) is 0 Å². The SMILES string of the molecule is O=C(O)[C@H](O)[C@H](S)c1ccc(O)cc1. The monoisotopic (exact) mass is 214 g/mol. The summed E-state index contributed by atoms with van der Waals surface area (Å²) in [6.07, 6.45) is -1.55. The Labute approximate surface area is 86.2 Å². The van der Waals surface area contributed by atoms with Gasteiger partial charge in [0.15, 0.2) is 6.10 Å². The van der Waals surface area contributed by atoms with Crippen LogP contribution in [0.2, 0.25) is 0 Å². The first-order valence-corrected chi connectivity index (χ1v) is 4.42. The molecule has 1 aromatic carbocycles. The van der Waals surface area contributed by atoms with Gasteiger partial charge in [-0.15, -0.1) is 0 Å². The standard InChI is InChI=1S/C9H10O4S/c10-6-3-1-5(2-4-6)8(14)7(11)9(12)13/h1-4,7-8,10-11,14H,(H,12,13)/t7-,8-/m1/s1. The summed E-state index contributed by atoms with van der Waals surface area (Å²) in [6, 6.07) is 5.85. The van der Waals surface area contributed by atoms with Gasteiger partial charge in [-0.25, -0.2) is 4.79 Å². The van der Waals surface area contributed by atoms with Gasteiger partial charge in [0.25, 0.3) is 0 Å². The van der Waals surface area contributed by atoms with E-state index in [0.29, 0.717) is 5.56 Å². The Hall–Kier alpha value is -1.20. The van der Waals surface area contributed by atoms with Gasteiger partial charge in [-0.05, 0) is 17.7 Å². The Morgan fingerprint density at radius 1 is 1.29 bits per heavy atom. The molecule has 76 valence electrons. The number of aliphatic carboxylic acids is 1. The molecule has 0 saturated heterocycles. The van der Waals surface area contributed by atoms with Crippen LogP contribution in [0, 0.1) is 0 Å². The van der Waals surface area contributed by atoms with Crippen LogP contribution >= 0.6 is 12.6 Å². The molecule has 4 nitrogen and oxygen atoms in total. The van der Waals surface area contributed by atoms with Gasteiger partial charge >= 0.3 is 5.97 Å². The first-order chi connectivity index (χ1) is 6.52. The molecule has 0 fully saturated rings. The highest BCUT2D eigenvalue weighted by atomic mass is 32.1. The lowest BCUT2D eigenvalue weighted by Gasteiger charge is -2.14. The zero-order valence-corrected chi connectivity index (χ0v) is 8.06. The fourth-order valence-corrected chi connectivity index (χ4v) is 1.29. The predicted molar refractivity (Wildman–Crippen MR) is 53.5 cm³/mol. The van der Waals surface area contributed by atoms with Crippen LogP contribution in [0.1, 0.15) is 10.8 Å². The second-order valence-corrected chi connectivity index (χ2v) is 3.38. The Balaban J connectivity index is 2.84. The minimum atomic E-state index is -1.55. The molecule has 0 aromatic heterocycles. The molecule has 0 heterocycles. The Bertz CT molecular complexity index is 322. The summed E-state index contributed by atoms with van der Waals surface area (Å²) in [6.45, 7) is 0. The van der Waals surface area contributed by atoms with Crippen molar-refractivity contribution < 1.29 is 20.1 Å². The van der Waals surface area contributed by atoms with Crippen molar-refractivity contribution in [2.24, 2.45) is 0 Å². The summed E-state index contributed by atoms with van der Waals surface area (Å²) >= 11 is 3.98. The first-order valence-electron chi connectivity index (χ1n) is 3.90. The number of hydrogen-bond acceptors (Lipinski definition) is 4. The van der Waals surface area contributed by atoms with E-state index in [0.717, 1.165) is 0 Å². The summed E-state index contributed by atoms with van der Waals surface area (Å²) < 4.78 is 0. The molecule has 3 N–H and O–H groups in total. The van der Waals surface area contributed by atoms with Gasteiger partial charge in [-0.1, -0.05) is 12.1 Å². The van der Waals surface area contributed by atoms with Crippen molar-refractivity contribution in [3.63, 3.8) is 0 Å². The fraction of sp³-hybridized carbons (Fsp3) is 0.222. The molecule has 0 saturated carbocycles. The Morgan fingerprint density at radius 3 is 2.21 bits per heavy atom. The molecule has 2 atom stereocenters. The lowest BCUT2D eigenvalue weighted by atomic mass is 10.1. The van der Waals surface area contributed by atoms with Gasteiger partial charge in [0.05, 0.1) is 5.25 Å². The third-order valence-corrected chi connectivity index (χ3v) is 2.37. The van der Waals surface area contributed by atoms with Crippen LogP contribution in [0.4, 0.5) is 0 Å². The van der Waals surface area contributed by atoms with Gasteiger partial charge in [-0.2, -0.15) is 12.6 Å². The largest absolute Gasteiger partial charge is 0.508 e. The molecule has 0 bridgehead atoms. The number of carboxylic acid groups (broad SMARTS) is 1. The highest BCUT2D eigenvalue weighted by Gasteiger charge is 2.23. The number of aromatic hydroxyl groups is 1. The van der Waals surface area contributed by atoms with E-state index < -0.39 is 17.3 Å². The maximum atomic E-state index is 10.4. The van der Waals surface area contributed by atoms with E-state index in [2.05, 4.69) is 12.6 Å². The van der Waals surface area contributed by atoms with E-state index in [4.69, 9.17) is 10.2 Å². The lowest BCUT2D eigenvalue weighted by molar-refractivity contribution is -0.146. The zero-order chi connectivity index (χ0) is 10.7. The molecule has 0 aliphatic carbocycles. The highest BCUT2D eigenvalue weighted by molar-refractivity contribution is 7.80. The number of phenolic OH excluding ortho intramolecular Hbond substituents is 1. The van der Waals surface area contributed by atoms with Crippen molar-refractivity contribution in [3.05, 3.63) is 29.8 Å². The van der Waals surface area contributed by atoms with Crippen molar-refractivity contribution >= 4 is 18.6 Å². The fourth-order valence-electron chi connectivity index (χ4n) is 0.989. The summed E-state index contributed by atoms with van der Waals surface area (Å²) in [7, 11) is 0.